The number of allylic oxidation sites excluding steroid dienone is 1. The number of aliphatic hydroxyl groups is 1. The first-order valence-corrected chi connectivity index (χ1v) is 9.34. The van der Waals surface area contributed by atoms with E-state index in [4.69, 9.17) is 0 Å². The highest BCUT2D eigenvalue weighted by Crippen LogP contribution is 2.47. The van der Waals surface area contributed by atoms with Crippen LogP contribution in [0.25, 0.3) is 22.4 Å². The molecule has 4 aromatic rings. The van der Waals surface area contributed by atoms with Gasteiger partial charge in [0.2, 0.25) is 0 Å². The summed E-state index contributed by atoms with van der Waals surface area (Å²) in [5.74, 6) is 0.135. The Labute approximate surface area is 159 Å². The van der Waals surface area contributed by atoms with Gasteiger partial charge in [-0.25, -0.2) is 0 Å². The maximum absolute atomic E-state index is 10.3. The predicted molar refractivity (Wildman–Crippen MR) is 112 cm³/mol. The van der Waals surface area contributed by atoms with Crippen LogP contribution < -0.4 is 0 Å². The van der Waals surface area contributed by atoms with Crippen molar-refractivity contribution in [1.82, 2.24) is 0 Å². The van der Waals surface area contributed by atoms with Crippen molar-refractivity contribution in [3.63, 3.8) is 0 Å². The van der Waals surface area contributed by atoms with E-state index < -0.39 is 0 Å². The molecule has 0 heterocycles. The van der Waals surface area contributed by atoms with Crippen LogP contribution in [-0.4, -0.2) is 5.11 Å². The van der Waals surface area contributed by atoms with Gasteiger partial charge in [-0.05, 0) is 50.2 Å². The normalized spacial score (nSPS) is 15.6. The third-order valence-electron chi connectivity index (χ3n) is 5.58. The van der Waals surface area contributed by atoms with E-state index in [1.165, 1.54) is 33.2 Å². The zero-order valence-electron chi connectivity index (χ0n) is 15.0. The maximum atomic E-state index is 10.3. The Morgan fingerprint density at radius 2 is 1.41 bits per heavy atom. The van der Waals surface area contributed by atoms with Gasteiger partial charge in [-0.1, -0.05) is 91.0 Å². The minimum atomic E-state index is 0.0391. The molecule has 0 spiro atoms. The van der Waals surface area contributed by atoms with Gasteiger partial charge in [0.05, 0.1) is 6.61 Å². The van der Waals surface area contributed by atoms with Crippen LogP contribution in [0.5, 0.6) is 0 Å². The fraction of sp³-hybridized carbons (Fsp3) is 0.0769. The van der Waals surface area contributed by atoms with E-state index in [2.05, 4.69) is 84.9 Å². The summed E-state index contributed by atoms with van der Waals surface area (Å²) in [5.41, 5.74) is 7.31. The SMILES string of the molecule is OCc1c(C2C(c3ccccc3)=Cc3ccccc32)ccc2ccccc12. The lowest BCUT2D eigenvalue weighted by Gasteiger charge is -2.22. The average Bonchev–Trinajstić information content (AvgIpc) is 3.13. The highest BCUT2D eigenvalue weighted by molar-refractivity contribution is 5.95. The van der Waals surface area contributed by atoms with Crippen LogP contribution in [0.4, 0.5) is 0 Å². The molecule has 1 nitrogen and oxygen atoms in total. The fourth-order valence-corrected chi connectivity index (χ4v) is 4.34. The zero-order chi connectivity index (χ0) is 18.2. The van der Waals surface area contributed by atoms with E-state index in [0.717, 1.165) is 10.9 Å². The molecule has 1 N–H and O–H groups in total. The summed E-state index contributed by atoms with van der Waals surface area (Å²) in [6.07, 6.45) is 2.30. The van der Waals surface area contributed by atoms with Crippen molar-refractivity contribution in [2.75, 3.05) is 0 Å². The number of benzene rings is 4. The zero-order valence-corrected chi connectivity index (χ0v) is 15.0. The number of hydrogen-bond acceptors (Lipinski definition) is 1. The van der Waals surface area contributed by atoms with E-state index in [1.807, 2.05) is 12.1 Å². The molecule has 0 saturated carbocycles. The van der Waals surface area contributed by atoms with Crippen molar-refractivity contribution in [2.45, 2.75) is 12.5 Å². The Morgan fingerprint density at radius 3 is 2.26 bits per heavy atom. The third-order valence-corrected chi connectivity index (χ3v) is 5.58. The third kappa shape index (κ3) is 2.59. The number of fused-ring (bicyclic) bond motifs is 2. The molecule has 1 aliphatic carbocycles. The fourth-order valence-electron chi connectivity index (χ4n) is 4.34. The van der Waals surface area contributed by atoms with Crippen molar-refractivity contribution in [1.29, 1.82) is 0 Å². The van der Waals surface area contributed by atoms with Gasteiger partial charge in [-0.2, -0.15) is 0 Å². The molecule has 27 heavy (non-hydrogen) atoms. The monoisotopic (exact) mass is 348 g/mol. The molecular weight excluding hydrogens is 328 g/mol. The second-order valence-electron chi connectivity index (χ2n) is 7.04. The Morgan fingerprint density at radius 1 is 0.667 bits per heavy atom. The molecule has 0 bridgehead atoms. The number of aliphatic hydroxyl groups excluding tert-OH is 1. The smallest absolute Gasteiger partial charge is 0.0690 e. The topological polar surface area (TPSA) is 20.2 Å². The van der Waals surface area contributed by atoms with E-state index in [0.29, 0.717) is 0 Å². The molecule has 5 rings (SSSR count). The van der Waals surface area contributed by atoms with Crippen LogP contribution in [0, 0.1) is 0 Å². The first-order chi connectivity index (χ1) is 13.4. The van der Waals surface area contributed by atoms with Gasteiger partial charge in [0.1, 0.15) is 0 Å². The number of rotatable bonds is 3. The Hall–Kier alpha value is -3.16. The minimum absolute atomic E-state index is 0.0391. The van der Waals surface area contributed by atoms with E-state index in [1.54, 1.807) is 0 Å². The summed E-state index contributed by atoms with van der Waals surface area (Å²) in [7, 11) is 0. The number of hydrogen-bond donors (Lipinski definition) is 1. The Kier molecular flexibility index (Phi) is 3.88. The van der Waals surface area contributed by atoms with Crippen molar-refractivity contribution < 1.29 is 5.11 Å². The van der Waals surface area contributed by atoms with Crippen molar-refractivity contribution >= 4 is 22.4 Å². The summed E-state index contributed by atoms with van der Waals surface area (Å²) in [6.45, 7) is 0.0391. The van der Waals surface area contributed by atoms with Gasteiger partial charge in [-0.3, -0.25) is 0 Å². The van der Waals surface area contributed by atoms with E-state index >= 15 is 0 Å². The molecule has 0 amide bonds. The lowest BCUT2D eigenvalue weighted by atomic mass is 9.82. The Bertz CT molecular complexity index is 1160. The molecule has 1 atom stereocenters. The largest absolute Gasteiger partial charge is 0.392 e. The molecule has 4 aromatic carbocycles. The molecule has 1 unspecified atom stereocenters. The van der Waals surface area contributed by atoms with Crippen LogP contribution in [0.3, 0.4) is 0 Å². The summed E-state index contributed by atoms with van der Waals surface area (Å²) >= 11 is 0. The van der Waals surface area contributed by atoms with Gasteiger partial charge in [-0.15, -0.1) is 0 Å². The Balaban J connectivity index is 1.77. The lowest BCUT2D eigenvalue weighted by Crippen LogP contribution is -2.06. The first-order valence-electron chi connectivity index (χ1n) is 9.34. The van der Waals surface area contributed by atoms with Crippen LogP contribution in [0.2, 0.25) is 0 Å². The highest BCUT2D eigenvalue weighted by atomic mass is 16.3. The van der Waals surface area contributed by atoms with Gasteiger partial charge in [0.25, 0.3) is 0 Å². The van der Waals surface area contributed by atoms with Crippen LogP contribution in [0.1, 0.15) is 33.7 Å². The highest BCUT2D eigenvalue weighted by Gasteiger charge is 2.29. The quantitative estimate of drug-likeness (QED) is 0.480. The summed E-state index contributed by atoms with van der Waals surface area (Å²) in [5, 5.41) is 12.6. The van der Waals surface area contributed by atoms with Gasteiger partial charge in [0.15, 0.2) is 0 Å². The molecule has 0 aromatic heterocycles. The second-order valence-corrected chi connectivity index (χ2v) is 7.04. The predicted octanol–water partition coefficient (Wildman–Crippen LogP) is 6.02. The van der Waals surface area contributed by atoms with E-state index in [9.17, 15) is 5.11 Å². The summed E-state index contributed by atoms with van der Waals surface area (Å²) < 4.78 is 0. The molecule has 0 aliphatic heterocycles. The van der Waals surface area contributed by atoms with Crippen molar-refractivity contribution in [3.8, 4) is 0 Å². The summed E-state index contributed by atoms with van der Waals surface area (Å²) in [6, 6.07) is 31.8. The van der Waals surface area contributed by atoms with Gasteiger partial charge >= 0.3 is 0 Å². The minimum Gasteiger partial charge on any atom is -0.392 e. The lowest BCUT2D eigenvalue weighted by molar-refractivity contribution is 0.282. The second kappa shape index (κ2) is 6.53. The van der Waals surface area contributed by atoms with Crippen LogP contribution in [0.15, 0.2) is 91.0 Å². The molecular formula is C26H20O. The van der Waals surface area contributed by atoms with Crippen molar-refractivity contribution in [3.05, 3.63) is 119 Å². The molecule has 130 valence electrons. The summed E-state index contributed by atoms with van der Waals surface area (Å²) in [4.78, 5) is 0. The maximum Gasteiger partial charge on any atom is 0.0690 e. The van der Waals surface area contributed by atoms with Crippen molar-refractivity contribution in [2.24, 2.45) is 0 Å². The van der Waals surface area contributed by atoms with Crippen LogP contribution in [-0.2, 0) is 6.61 Å². The standard InChI is InChI=1S/C26H20O/c27-17-25-21-12-6-4-10-19(21)14-15-23(25)26-22-13-7-5-11-20(22)16-24(26)18-8-2-1-3-9-18/h1-16,26-27H,17H2. The molecule has 0 fully saturated rings. The first kappa shape index (κ1) is 16.0. The molecule has 1 heteroatoms. The molecule has 1 aliphatic rings. The van der Waals surface area contributed by atoms with Gasteiger partial charge < -0.3 is 5.11 Å². The molecule has 0 saturated heterocycles. The van der Waals surface area contributed by atoms with E-state index in [-0.39, 0.29) is 12.5 Å². The molecule has 0 radical (unpaired) electrons. The van der Waals surface area contributed by atoms with Gasteiger partial charge in [0, 0.05) is 5.92 Å². The average molecular weight is 348 g/mol. The van der Waals surface area contributed by atoms with Crippen LogP contribution >= 0.6 is 0 Å².